The fraction of sp³-hybridized carbons (Fsp3) is 0.273. The van der Waals surface area contributed by atoms with E-state index < -0.39 is 27.8 Å². The van der Waals surface area contributed by atoms with E-state index in [4.69, 9.17) is 0 Å². The van der Waals surface area contributed by atoms with Crippen LogP contribution in [-0.2, 0) is 23.5 Å². The van der Waals surface area contributed by atoms with Gasteiger partial charge in [0.15, 0.2) is 0 Å². The minimum Gasteiger partial charge on any atom is -0.338 e. The standard InChI is InChI=1S/C22H23FN4O3S/c1-14-12-16-13-15(8-9-19(16)27(14)31(3,29)30)22(28)25-20(21-24-10-11-26(21)2)17-6-4-5-7-18(17)23/h4-11,13-14,20H,12H2,1-3H3,(H,25,28)/t14-,20-/m0/s1. The van der Waals surface area contributed by atoms with Crippen LogP contribution in [0.3, 0.4) is 0 Å². The number of nitrogens with one attached hydrogen (secondary N) is 1. The number of aromatic nitrogens is 2. The number of halogens is 1. The van der Waals surface area contributed by atoms with Gasteiger partial charge in [-0.25, -0.2) is 17.8 Å². The molecule has 2 aromatic carbocycles. The van der Waals surface area contributed by atoms with Crippen LogP contribution in [0.5, 0.6) is 0 Å². The van der Waals surface area contributed by atoms with Gasteiger partial charge in [-0.2, -0.15) is 0 Å². The van der Waals surface area contributed by atoms with Gasteiger partial charge in [0, 0.05) is 36.6 Å². The lowest BCUT2D eigenvalue weighted by Crippen LogP contribution is -2.34. The molecule has 0 saturated carbocycles. The minimum absolute atomic E-state index is 0.220. The summed E-state index contributed by atoms with van der Waals surface area (Å²) in [5, 5.41) is 2.88. The molecule has 1 aromatic heterocycles. The van der Waals surface area contributed by atoms with Crippen molar-refractivity contribution in [3.05, 3.63) is 83.2 Å². The number of hydrogen-bond donors (Lipinski definition) is 1. The first kappa shape index (κ1) is 21.0. The van der Waals surface area contributed by atoms with Crippen LogP contribution >= 0.6 is 0 Å². The van der Waals surface area contributed by atoms with E-state index in [-0.39, 0.29) is 6.04 Å². The normalized spacial score (nSPS) is 16.8. The first-order valence-electron chi connectivity index (χ1n) is 9.81. The van der Waals surface area contributed by atoms with E-state index in [0.717, 1.165) is 5.56 Å². The average Bonchev–Trinajstić information content (AvgIpc) is 3.27. The zero-order valence-electron chi connectivity index (χ0n) is 17.4. The molecular weight excluding hydrogens is 419 g/mol. The molecule has 2 atom stereocenters. The number of fused-ring (bicyclic) bond motifs is 1. The summed E-state index contributed by atoms with van der Waals surface area (Å²) in [6, 6.07) is 10.2. The summed E-state index contributed by atoms with van der Waals surface area (Å²) in [6.45, 7) is 1.83. The van der Waals surface area contributed by atoms with Gasteiger partial charge in [0.2, 0.25) is 10.0 Å². The summed E-state index contributed by atoms with van der Waals surface area (Å²) >= 11 is 0. The van der Waals surface area contributed by atoms with Crippen molar-refractivity contribution in [2.24, 2.45) is 7.05 Å². The van der Waals surface area contributed by atoms with Gasteiger partial charge >= 0.3 is 0 Å². The Kier molecular flexibility index (Phi) is 5.30. The second-order valence-electron chi connectivity index (χ2n) is 7.78. The van der Waals surface area contributed by atoms with E-state index in [1.807, 2.05) is 6.92 Å². The van der Waals surface area contributed by atoms with Crippen molar-refractivity contribution in [2.75, 3.05) is 10.6 Å². The molecule has 7 nitrogen and oxygen atoms in total. The van der Waals surface area contributed by atoms with Gasteiger partial charge in [-0.1, -0.05) is 18.2 Å². The van der Waals surface area contributed by atoms with Gasteiger partial charge in [-0.05, 0) is 43.2 Å². The van der Waals surface area contributed by atoms with Crippen LogP contribution in [0.25, 0.3) is 0 Å². The van der Waals surface area contributed by atoms with Crippen molar-refractivity contribution in [3.8, 4) is 0 Å². The molecule has 0 bridgehead atoms. The Hall–Kier alpha value is -3.20. The van der Waals surface area contributed by atoms with E-state index >= 15 is 0 Å². The molecule has 1 N–H and O–H groups in total. The Balaban J connectivity index is 1.67. The summed E-state index contributed by atoms with van der Waals surface area (Å²) in [6.07, 6.45) is 5.00. The number of imidazole rings is 1. The third-order valence-electron chi connectivity index (χ3n) is 5.46. The molecule has 1 aliphatic rings. The highest BCUT2D eigenvalue weighted by Crippen LogP contribution is 2.35. The molecule has 2 heterocycles. The molecule has 0 saturated heterocycles. The zero-order valence-corrected chi connectivity index (χ0v) is 18.2. The number of nitrogens with zero attached hydrogens (tertiary/aromatic N) is 3. The Morgan fingerprint density at radius 3 is 2.65 bits per heavy atom. The molecule has 1 amide bonds. The van der Waals surface area contributed by atoms with Crippen molar-refractivity contribution < 1.29 is 17.6 Å². The van der Waals surface area contributed by atoms with Crippen LogP contribution in [0.4, 0.5) is 10.1 Å². The molecule has 0 unspecified atom stereocenters. The Morgan fingerprint density at radius 2 is 2.00 bits per heavy atom. The molecule has 3 aromatic rings. The van der Waals surface area contributed by atoms with Gasteiger partial charge in [-0.3, -0.25) is 9.10 Å². The summed E-state index contributed by atoms with van der Waals surface area (Å²) < 4.78 is 41.9. The highest BCUT2D eigenvalue weighted by Gasteiger charge is 2.33. The molecule has 0 radical (unpaired) electrons. The van der Waals surface area contributed by atoms with Crippen molar-refractivity contribution in [1.29, 1.82) is 0 Å². The van der Waals surface area contributed by atoms with Crippen LogP contribution in [0.1, 0.15) is 40.3 Å². The minimum atomic E-state index is -3.41. The summed E-state index contributed by atoms with van der Waals surface area (Å²) in [5.41, 5.74) is 2.05. The third-order valence-corrected chi connectivity index (χ3v) is 6.73. The molecule has 162 valence electrons. The second kappa shape index (κ2) is 7.81. The highest BCUT2D eigenvalue weighted by molar-refractivity contribution is 7.92. The second-order valence-corrected chi connectivity index (χ2v) is 9.64. The van der Waals surface area contributed by atoms with Crippen LogP contribution in [0, 0.1) is 5.82 Å². The largest absolute Gasteiger partial charge is 0.338 e. The van der Waals surface area contributed by atoms with Gasteiger partial charge in [0.05, 0.1) is 11.9 Å². The van der Waals surface area contributed by atoms with Crippen molar-refractivity contribution in [1.82, 2.24) is 14.9 Å². The number of hydrogen-bond acceptors (Lipinski definition) is 4. The summed E-state index contributed by atoms with van der Waals surface area (Å²) in [4.78, 5) is 17.4. The van der Waals surface area contributed by atoms with Crippen LogP contribution in [0.15, 0.2) is 54.9 Å². The van der Waals surface area contributed by atoms with Crippen LogP contribution < -0.4 is 9.62 Å². The van der Waals surface area contributed by atoms with Crippen molar-refractivity contribution in [3.63, 3.8) is 0 Å². The SMILES string of the molecule is C[C@H]1Cc2cc(C(=O)N[C@@H](c3ccccc3F)c3nccn3C)ccc2N1S(C)(=O)=O. The van der Waals surface area contributed by atoms with Crippen molar-refractivity contribution in [2.45, 2.75) is 25.4 Å². The summed E-state index contributed by atoms with van der Waals surface area (Å²) in [5.74, 6) is -0.344. The monoisotopic (exact) mass is 442 g/mol. The van der Waals surface area contributed by atoms with E-state index in [1.54, 1.807) is 60.4 Å². The fourth-order valence-electron chi connectivity index (χ4n) is 4.11. The lowest BCUT2D eigenvalue weighted by Gasteiger charge is -2.22. The number of amides is 1. The molecular formula is C22H23FN4O3S. The van der Waals surface area contributed by atoms with E-state index in [2.05, 4.69) is 10.3 Å². The molecule has 0 spiro atoms. The zero-order chi connectivity index (χ0) is 22.3. The van der Waals surface area contributed by atoms with Crippen molar-refractivity contribution >= 4 is 21.6 Å². The average molecular weight is 443 g/mol. The predicted molar refractivity (Wildman–Crippen MR) is 116 cm³/mol. The number of aryl methyl sites for hydroxylation is 1. The number of anilines is 1. The van der Waals surface area contributed by atoms with Gasteiger partial charge < -0.3 is 9.88 Å². The van der Waals surface area contributed by atoms with Gasteiger partial charge in [-0.15, -0.1) is 0 Å². The first-order chi connectivity index (χ1) is 14.7. The van der Waals surface area contributed by atoms with Crippen LogP contribution in [0.2, 0.25) is 0 Å². The number of sulfonamides is 1. The smallest absolute Gasteiger partial charge is 0.252 e. The maximum atomic E-state index is 14.5. The van der Waals surface area contributed by atoms with Gasteiger partial charge in [0.1, 0.15) is 17.7 Å². The maximum Gasteiger partial charge on any atom is 0.252 e. The number of carbonyl (C=O) groups is 1. The quantitative estimate of drug-likeness (QED) is 0.659. The molecule has 1 aliphatic heterocycles. The molecule has 9 heteroatoms. The maximum absolute atomic E-state index is 14.5. The highest BCUT2D eigenvalue weighted by atomic mass is 32.2. The lowest BCUT2D eigenvalue weighted by atomic mass is 10.0. The molecule has 0 aliphatic carbocycles. The van der Waals surface area contributed by atoms with Crippen LogP contribution in [-0.4, -0.2) is 36.2 Å². The number of rotatable bonds is 5. The third kappa shape index (κ3) is 3.93. The first-order valence-corrected chi connectivity index (χ1v) is 11.7. The van der Waals surface area contributed by atoms with Gasteiger partial charge in [0.25, 0.3) is 5.91 Å². The Morgan fingerprint density at radius 1 is 1.26 bits per heavy atom. The van der Waals surface area contributed by atoms with E-state index in [9.17, 15) is 17.6 Å². The number of carbonyl (C=O) groups excluding carboxylic acids is 1. The predicted octanol–water partition coefficient (Wildman–Crippen LogP) is 2.79. The topological polar surface area (TPSA) is 84.3 Å². The van der Waals surface area contributed by atoms with E-state index in [0.29, 0.717) is 29.1 Å². The molecule has 31 heavy (non-hydrogen) atoms. The number of benzene rings is 2. The molecule has 0 fully saturated rings. The Bertz CT molecular complexity index is 1260. The lowest BCUT2D eigenvalue weighted by molar-refractivity contribution is 0.0940. The Labute approximate surface area is 180 Å². The molecule has 4 rings (SSSR count). The van der Waals surface area contributed by atoms with E-state index in [1.165, 1.54) is 16.6 Å². The fourth-order valence-corrected chi connectivity index (χ4v) is 5.37. The summed E-state index contributed by atoms with van der Waals surface area (Å²) in [7, 11) is -1.64.